The minimum atomic E-state index is -3.51. The van der Waals surface area contributed by atoms with Crippen LogP contribution in [0.5, 0.6) is 0 Å². The van der Waals surface area contributed by atoms with E-state index in [1.165, 1.54) is 5.56 Å². The fourth-order valence-electron chi connectivity index (χ4n) is 3.45. The SMILES string of the molecule is Cc1c(C)c(C)c(S(=O)(=O)N2CCN(C(=S)NC(C)C)CC2)c(C)c1C. The van der Waals surface area contributed by atoms with E-state index in [0.29, 0.717) is 36.2 Å². The fraction of sp³-hybridized carbons (Fsp3) is 0.632. The lowest BCUT2D eigenvalue weighted by atomic mass is 9.95. The molecule has 0 radical (unpaired) electrons. The van der Waals surface area contributed by atoms with Crippen LogP contribution < -0.4 is 5.32 Å². The van der Waals surface area contributed by atoms with Gasteiger partial charge in [0.2, 0.25) is 10.0 Å². The van der Waals surface area contributed by atoms with Crippen LogP contribution in [0.2, 0.25) is 0 Å². The summed E-state index contributed by atoms with van der Waals surface area (Å²) in [7, 11) is -3.51. The van der Waals surface area contributed by atoms with E-state index in [9.17, 15) is 8.42 Å². The number of thiocarbonyl (C=S) groups is 1. The highest BCUT2D eigenvalue weighted by molar-refractivity contribution is 7.89. The van der Waals surface area contributed by atoms with Crippen LogP contribution in [0, 0.1) is 34.6 Å². The van der Waals surface area contributed by atoms with Gasteiger partial charge in [0.05, 0.1) is 4.90 Å². The van der Waals surface area contributed by atoms with Crippen molar-refractivity contribution in [3.63, 3.8) is 0 Å². The van der Waals surface area contributed by atoms with E-state index in [-0.39, 0.29) is 6.04 Å². The molecule has 26 heavy (non-hydrogen) atoms. The van der Waals surface area contributed by atoms with Crippen molar-refractivity contribution in [1.29, 1.82) is 0 Å². The molecule has 2 rings (SSSR count). The first-order valence-electron chi connectivity index (χ1n) is 9.11. The van der Waals surface area contributed by atoms with Crippen molar-refractivity contribution < 1.29 is 8.42 Å². The standard InChI is InChI=1S/C19H31N3O2S2/c1-12(2)20-19(25)21-8-10-22(11-9-21)26(23,24)18-16(6)14(4)13(3)15(5)17(18)7/h12H,8-11H2,1-7H3,(H,20,25). The Kier molecular flexibility index (Phi) is 6.36. The topological polar surface area (TPSA) is 52.7 Å². The monoisotopic (exact) mass is 397 g/mol. The van der Waals surface area contributed by atoms with Crippen molar-refractivity contribution >= 4 is 27.4 Å². The molecule has 0 amide bonds. The lowest BCUT2D eigenvalue weighted by molar-refractivity contribution is 0.262. The van der Waals surface area contributed by atoms with Gasteiger partial charge in [0, 0.05) is 32.2 Å². The average Bonchev–Trinajstić information content (AvgIpc) is 2.57. The van der Waals surface area contributed by atoms with Crippen molar-refractivity contribution in [3.05, 3.63) is 27.8 Å². The van der Waals surface area contributed by atoms with Crippen molar-refractivity contribution in [2.75, 3.05) is 26.2 Å². The van der Waals surface area contributed by atoms with Gasteiger partial charge in [0.25, 0.3) is 0 Å². The summed E-state index contributed by atoms with van der Waals surface area (Å²) in [6, 6.07) is 0.271. The minimum absolute atomic E-state index is 0.271. The van der Waals surface area contributed by atoms with E-state index in [1.54, 1.807) is 4.31 Å². The first kappa shape index (κ1) is 21.1. The van der Waals surface area contributed by atoms with Gasteiger partial charge in [-0.1, -0.05) is 0 Å². The summed E-state index contributed by atoms with van der Waals surface area (Å²) in [4.78, 5) is 2.53. The first-order valence-corrected chi connectivity index (χ1v) is 11.0. The summed E-state index contributed by atoms with van der Waals surface area (Å²) in [6.07, 6.45) is 0. The molecule has 1 aliphatic rings. The molecule has 0 bridgehead atoms. The molecule has 146 valence electrons. The molecule has 1 fully saturated rings. The molecule has 0 atom stereocenters. The Morgan fingerprint density at radius 3 is 1.73 bits per heavy atom. The van der Waals surface area contributed by atoms with E-state index >= 15 is 0 Å². The van der Waals surface area contributed by atoms with Crippen LogP contribution in [0.4, 0.5) is 0 Å². The largest absolute Gasteiger partial charge is 0.360 e. The number of sulfonamides is 1. The Bertz CT molecular complexity index is 780. The highest BCUT2D eigenvalue weighted by atomic mass is 32.2. The third-order valence-corrected chi connectivity index (χ3v) is 8.02. The van der Waals surface area contributed by atoms with Crippen molar-refractivity contribution in [2.45, 2.75) is 59.4 Å². The molecule has 0 spiro atoms. The van der Waals surface area contributed by atoms with E-state index in [4.69, 9.17) is 12.2 Å². The number of rotatable bonds is 3. The van der Waals surface area contributed by atoms with Crippen LogP contribution in [0.3, 0.4) is 0 Å². The number of hydrogen-bond donors (Lipinski definition) is 1. The maximum atomic E-state index is 13.4. The maximum Gasteiger partial charge on any atom is 0.243 e. The number of nitrogens with zero attached hydrogens (tertiary/aromatic N) is 2. The molecule has 1 aromatic rings. The van der Waals surface area contributed by atoms with Gasteiger partial charge in [0.15, 0.2) is 5.11 Å². The third kappa shape index (κ3) is 3.89. The Morgan fingerprint density at radius 1 is 0.885 bits per heavy atom. The van der Waals surface area contributed by atoms with Gasteiger partial charge in [0.1, 0.15) is 0 Å². The summed E-state index contributed by atoms with van der Waals surface area (Å²) >= 11 is 5.41. The van der Waals surface area contributed by atoms with Crippen molar-refractivity contribution in [2.24, 2.45) is 0 Å². The second-order valence-corrected chi connectivity index (χ2v) is 9.71. The normalized spacial score (nSPS) is 16.2. The quantitative estimate of drug-likeness (QED) is 0.795. The average molecular weight is 398 g/mol. The third-order valence-electron chi connectivity index (χ3n) is 5.47. The van der Waals surface area contributed by atoms with Crippen LogP contribution in [-0.4, -0.2) is 55.0 Å². The molecule has 1 saturated heterocycles. The predicted octanol–water partition coefficient (Wildman–Crippen LogP) is 2.82. The van der Waals surface area contributed by atoms with Gasteiger partial charge in [-0.15, -0.1) is 0 Å². The summed E-state index contributed by atoms with van der Waals surface area (Å²) in [5, 5.41) is 3.93. The number of hydrogen-bond acceptors (Lipinski definition) is 3. The van der Waals surface area contributed by atoms with Gasteiger partial charge in [-0.3, -0.25) is 0 Å². The first-order chi connectivity index (χ1) is 12.0. The van der Waals surface area contributed by atoms with Crippen LogP contribution in [-0.2, 0) is 10.0 Å². The molecule has 1 heterocycles. The second kappa shape index (κ2) is 7.82. The van der Waals surface area contributed by atoms with Crippen LogP contribution >= 0.6 is 12.2 Å². The molecule has 1 N–H and O–H groups in total. The van der Waals surface area contributed by atoms with Crippen molar-refractivity contribution in [1.82, 2.24) is 14.5 Å². The Morgan fingerprint density at radius 2 is 1.31 bits per heavy atom. The minimum Gasteiger partial charge on any atom is -0.360 e. The van der Waals surface area contributed by atoms with Gasteiger partial charge in [-0.25, -0.2) is 8.42 Å². The van der Waals surface area contributed by atoms with E-state index in [1.807, 2.05) is 46.4 Å². The molecule has 0 aromatic heterocycles. The molecular weight excluding hydrogens is 366 g/mol. The summed E-state index contributed by atoms with van der Waals surface area (Å²) in [5.74, 6) is 0. The molecule has 0 aliphatic carbocycles. The predicted molar refractivity (Wildman–Crippen MR) is 111 cm³/mol. The van der Waals surface area contributed by atoms with Crippen LogP contribution in [0.15, 0.2) is 4.90 Å². The van der Waals surface area contributed by atoms with Gasteiger partial charge >= 0.3 is 0 Å². The second-order valence-electron chi connectivity index (χ2n) is 7.45. The number of piperazine rings is 1. The summed E-state index contributed by atoms with van der Waals surface area (Å²) < 4.78 is 28.3. The summed E-state index contributed by atoms with van der Waals surface area (Å²) in [5.41, 5.74) is 5.03. The maximum absolute atomic E-state index is 13.4. The number of benzene rings is 1. The fourth-order valence-corrected chi connectivity index (χ4v) is 5.85. The Labute approximate surface area is 163 Å². The summed E-state index contributed by atoms with van der Waals surface area (Å²) in [6.45, 7) is 16.1. The van der Waals surface area contributed by atoms with Crippen LogP contribution in [0.1, 0.15) is 41.7 Å². The molecule has 5 nitrogen and oxygen atoms in total. The molecule has 7 heteroatoms. The van der Waals surface area contributed by atoms with Gasteiger partial charge in [-0.2, -0.15) is 4.31 Å². The smallest absolute Gasteiger partial charge is 0.243 e. The highest BCUT2D eigenvalue weighted by Crippen LogP contribution is 2.31. The zero-order chi connectivity index (χ0) is 19.8. The molecule has 0 saturated carbocycles. The van der Waals surface area contributed by atoms with Gasteiger partial charge in [-0.05, 0) is 88.5 Å². The molecule has 0 unspecified atom stereocenters. The lowest BCUT2D eigenvalue weighted by Gasteiger charge is -2.36. The zero-order valence-electron chi connectivity index (χ0n) is 16.9. The van der Waals surface area contributed by atoms with Crippen LogP contribution in [0.25, 0.3) is 0 Å². The Hall–Kier alpha value is -1.18. The van der Waals surface area contributed by atoms with E-state index in [2.05, 4.69) is 12.2 Å². The number of nitrogens with one attached hydrogen (secondary N) is 1. The highest BCUT2D eigenvalue weighted by Gasteiger charge is 2.32. The van der Waals surface area contributed by atoms with E-state index < -0.39 is 10.0 Å². The molecule has 1 aliphatic heterocycles. The van der Waals surface area contributed by atoms with E-state index in [0.717, 1.165) is 22.3 Å². The van der Waals surface area contributed by atoms with Crippen molar-refractivity contribution in [3.8, 4) is 0 Å². The molecule has 1 aromatic carbocycles. The van der Waals surface area contributed by atoms with Gasteiger partial charge < -0.3 is 10.2 Å². The zero-order valence-corrected chi connectivity index (χ0v) is 18.6. The Balaban J connectivity index is 2.27. The lowest BCUT2D eigenvalue weighted by Crippen LogP contribution is -2.54. The molecular formula is C19H31N3O2S2.